The number of nitrogens with zero attached hydrogens (tertiary/aromatic N) is 6. The van der Waals surface area contributed by atoms with Crippen LogP contribution in [0.3, 0.4) is 0 Å². The molecule has 0 unspecified atom stereocenters. The average Bonchev–Trinajstić information content (AvgIpc) is 3.77. The molecular weight excluding hydrogens is 605 g/mol. The fraction of sp³-hybridized carbons (Fsp3) is 0.289. The first-order valence-corrected chi connectivity index (χ1v) is 17.3. The van der Waals surface area contributed by atoms with Gasteiger partial charge in [-0.3, -0.25) is 4.90 Å². The highest BCUT2D eigenvalue weighted by atomic mass is 32.2. The molecule has 4 heterocycles. The van der Waals surface area contributed by atoms with Crippen molar-refractivity contribution in [3.63, 3.8) is 0 Å². The van der Waals surface area contributed by atoms with Crippen LogP contribution in [0, 0.1) is 0 Å². The Bertz CT molecular complexity index is 1900. The number of anilines is 1. The number of hydrogen-bond donors (Lipinski definition) is 0. The van der Waals surface area contributed by atoms with Gasteiger partial charge in [-0.15, -0.1) is 0 Å². The predicted octanol–water partition coefficient (Wildman–Crippen LogP) is 7.57. The minimum absolute atomic E-state index is 0.635. The molecular formula is C38H40N6O2S. The first-order valence-electron chi connectivity index (χ1n) is 16.1. The average molecular weight is 645 g/mol. The summed E-state index contributed by atoms with van der Waals surface area (Å²) in [7, 11) is 3.38. The van der Waals surface area contributed by atoms with E-state index < -0.39 is 0 Å². The minimum Gasteiger partial charge on any atom is -0.497 e. The monoisotopic (exact) mass is 644 g/mol. The molecule has 0 saturated carbocycles. The number of thioether (sulfide) groups is 1. The summed E-state index contributed by atoms with van der Waals surface area (Å²) in [6.45, 7) is 5.40. The quantitative estimate of drug-likeness (QED) is 0.126. The van der Waals surface area contributed by atoms with Crippen molar-refractivity contribution in [3.8, 4) is 11.5 Å². The van der Waals surface area contributed by atoms with Gasteiger partial charge in [0.05, 0.1) is 26.3 Å². The molecule has 3 aromatic carbocycles. The maximum atomic E-state index is 5.43. The number of imidazole rings is 1. The Morgan fingerprint density at radius 2 is 1.30 bits per heavy atom. The topological polar surface area (TPSA) is 68.5 Å². The van der Waals surface area contributed by atoms with Gasteiger partial charge in [-0.25, -0.2) is 15.0 Å². The number of hydrogen-bond acceptors (Lipinski definition) is 8. The first-order chi connectivity index (χ1) is 23.1. The molecule has 0 radical (unpaired) electrons. The standard InChI is InChI=1S/C38H40N6O2S/c1-45-31-16-12-28(13-17-31)24-43(25-29-14-18-32(46-2)19-15-29)37-34-35(33-7-6-20-39-36(33)41-37)44(38(40-34)47-3)26-30-10-8-27(9-11-30)23-42-21-4-5-22-42/h6-20H,4-5,21-26H2,1-3H3. The largest absolute Gasteiger partial charge is 0.497 e. The number of fused-ring (bicyclic) bond motifs is 3. The number of aromatic nitrogens is 4. The first kappa shape index (κ1) is 31.0. The minimum atomic E-state index is 0.635. The van der Waals surface area contributed by atoms with Crippen molar-refractivity contribution in [2.45, 2.75) is 44.2 Å². The maximum Gasteiger partial charge on any atom is 0.169 e. The SMILES string of the molecule is COc1ccc(CN(Cc2ccc(OC)cc2)c2nc3ncccc3c3c2nc(SC)n3Cc2ccc(CN3CCCC3)cc2)cc1. The summed E-state index contributed by atoms with van der Waals surface area (Å²) in [5.74, 6) is 2.48. The molecule has 1 aliphatic heterocycles. The Morgan fingerprint density at radius 3 is 1.87 bits per heavy atom. The molecule has 3 aromatic heterocycles. The molecule has 0 spiro atoms. The Kier molecular flexibility index (Phi) is 9.26. The number of pyridine rings is 2. The van der Waals surface area contributed by atoms with Crippen molar-refractivity contribution in [1.29, 1.82) is 0 Å². The Morgan fingerprint density at radius 1 is 0.723 bits per heavy atom. The van der Waals surface area contributed by atoms with E-state index in [4.69, 9.17) is 24.4 Å². The normalized spacial score (nSPS) is 13.4. The van der Waals surface area contributed by atoms with Crippen molar-refractivity contribution in [2.75, 3.05) is 38.5 Å². The lowest BCUT2D eigenvalue weighted by Crippen LogP contribution is -2.23. The summed E-state index contributed by atoms with van der Waals surface area (Å²) in [6, 6.07) is 29.6. The Balaban J connectivity index is 1.31. The molecule has 1 saturated heterocycles. The third-order valence-electron chi connectivity index (χ3n) is 8.91. The fourth-order valence-electron chi connectivity index (χ4n) is 6.45. The van der Waals surface area contributed by atoms with E-state index in [0.717, 1.165) is 56.6 Å². The molecule has 1 fully saturated rings. The molecule has 0 bridgehead atoms. The van der Waals surface area contributed by atoms with Gasteiger partial charge in [0.1, 0.15) is 17.0 Å². The number of ether oxygens (including phenoxy) is 2. The van der Waals surface area contributed by atoms with Crippen LogP contribution < -0.4 is 14.4 Å². The van der Waals surface area contributed by atoms with E-state index in [1.807, 2.05) is 36.5 Å². The third kappa shape index (κ3) is 6.77. The van der Waals surface area contributed by atoms with Crippen LogP contribution in [0.4, 0.5) is 5.82 Å². The van der Waals surface area contributed by atoms with Crippen LogP contribution in [0.2, 0.25) is 0 Å². The summed E-state index contributed by atoms with van der Waals surface area (Å²) in [6.07, 6.45) is 6.52. The second-order valence-electron chi connectivity index (χ2n) is 12.0. The van der Waals surface area contributed by atoms with Gasteiger partial charge >= 0.3 is 0 Å². The number of methoxy groups -OCH3 is 2. The molecule has 8 nitrogen and oxygen atoms in total. The molecule has 0 aliphatic carbocycles. The molecule has 0 atom stereocenters. The zero-order chi connectivity index (χ0) is 32.2. The molecule has 47 heavy (non-hydrogen) atoms. The van der Waals surface area contributed by atoms with Crippen molar-refractivity contribution >= 4 is 39.6 Å². The molecule has 9 heteroatoms. The second-order valence-corrected chi connectivity index (χ2v) is 12.8. The summed E-state index contributed by atoms with van der Waals surface area (Å²) in [4.78, 5) is 20.1. The van der Waals surface area contributed by atoms with Crippen LogP contribution in [0.15, 0.2) is 96.3 Å². The smallest absolute Gasteiger partial charge is 0.169 e. The summed E-state index contributed by atoms with van der Waals surface area (Å²) in [5.41, 5.74) is 7.54. The molecule has 6 aromatic rings. The van der Waals surface area contributed by atoms with Crippen LogP contribution in [-0.4, -0.2) is 58.0 Å². The lowest BCUT2D eigenvalue weighted by molar-refractivity contribution is 0.331. The second kappa shape index (κ2) is 14.0. The zero-order valence-electron chi connectivity index (χ0n) is 27.2. The molecule has 1 aliphatic rings. The highest BCUT2D eigenvalue weighted by Gasteiger charge is 2.23. The number of rotatable bonds is 12. The van der Waals surface area contributed by atoms with E-state index in [1.54, 1.807) is 26.0 Å². The van der Waals surface area contributed by atoms with Crippen molar-refractivity contribution in [2.24, 2.45) is 0 Å². The van der Waals surface area contributed by atoms with Gasteiger partial charge in [-0.05, 0) is 90.8 Å². The van der Waals surface area contributed by atoms with Gasteiger partial charge in [0.15, 0.2) is 16.6 Å². The van der Waals surface area contributed by atoms with E-state index in [0.29, 0.717) is 25.3 Å². The van der Waals surface area contributed by atoms with Crippen LogP contribution in [0.25, 0.3) is 22.1 Å². The van der Waals surface area contributed by atoms with Crippen LogP contribution >= 0.6 is 11.8 Å². The van der Waals surface area contributed by atoms with Crippen molar-refractivity contribution in [1.82, 2.24) is 24.4 Å². The summed E-state index contributed by atoms with van der Waals surface area (Å²) >= 11 is 1.66. The molecule has 7 rings (SSSR count). The zero-order valence-corrected chi connectivity index (χ0v) is 28.0. The lowest BCUT2D eigenvalue weighted by atomic mass is 10.1. The lowest BCUT2D eigenvalue weighted by Gasteiger charge is -2.25. The third-order valence-corrected chi connectivity index (χ3v) is 9.59. The number of likely N-dealkylation sites (tertiary alicyclic amines) is 1. The van der Waals surface area contributed by atoms with Gasteiger partial charge in [0.2, 0.25) is 0 Å². The van der Waals surface area contributed by atoms with E-state index in [9.17, 15) is 0 Å². The van der Waals surface area contributed by atoms with E-state index in [1.165, 1.54) is 37.1 Å². The summed E-state index contributed by atoms with van der Waals surface area (Å²) < 4.78 is 13.2. The van der Waals surface area contributed by atoms with Crippen molar-refractivity contribution < 1.29 is 9.47 Å². The van der Waals surface area contributed by atoms with Crippen LogP contribution in [0.1, 0.15) is 35.1 Å². The van der Waals surface area contributed by atoms with E-state index in [2.05, 4.69) is 75.2 Å². The molecule has 240 valence electrons. The number of benzene rings is 3. The molecule has 0 amide bonds. The van der Waals surface area contributed by atoms with Gasteiger partial charge in [0, 0.05) is 31.2 Å². The highest BCUT2D eigenvalue weighted by molar-refractivity contribution is 7.98. The Hall–Kier alpha value is -4.60. The maximum absolute atomic E-state index is 5.43. The Labute approximate surface area is 280 Å². The van der Waals surface area contributed by atoms with Crippen molar-refractivity contribution in [3.05, 3.63) is 113 Å². The van der Waals surface area contributed by atoms with Crippen LogP contribution in [0.5, 0.6) is 11.5 Å². The van der Waals surface area contributed by atoms with E-state index in [-0.39, 0.29) is 0 Å². The molecule has 0 N–H and O–H groups in total. The van der Waals surface area contributed by atoms with Gasteiger partial charge in [-0.1, -0.05) is 60.3 Å². The summed E-state index contributed by atoms with van der Waals surface area (Å²) in [5, 5.41) is 1.95. The van der Waals surface area contributed by atoms with Gasteiger partial charge in [0.25, 0.3) is 0 Å². The highest BCUT2D eigenvalue weighted by Crippen LogP contribution is 2.36. The van der Waals surface area contributed by atoms with Gasteiger partial charge in [-0.2, -0.15) is 0 Å². The van der Waals surface area contributed by atoms with Crippen LogP contribution in [-0.2, 0) is 26.2 Å². The van der Waals surface area contributed by atoms with E-state index >= 15 is 0 Å². The fourth-order valence-corrected chi connectivity index (χ4v) is 7.01. The predicted molar refractivity (Wildman–Crippen MR) is 191 cm³/mol. The van der Waals surface area contributed by atoms with Gasteiger partial charge < -0.3 is 18.9 Å².